The predicted octanol–water partition coefficient (Wildman–Crippen LogP) is 0.845. The molecule has 0 aliphatic carbocycles. The van der Waals surface area contributed by atoms with Crippen LogP contribution < -0.4 is 5.32 Å². The molecule has 6 heteroatoms. The maximum Gasteiger partial charge on any atom is 0.408 e. The first-order chi connectivity index (χ1) is 7.54. The number of carbonyl (C=O) groups excluding carboxylic acids is 1. The molecular weight excluding hydrogens is 217 g/mol. The number of ether oxygens (including phenoxy) is 1. The van der Waals surface area contributed by atoms with Crippen molar-refractivity contribution in [3.8, 4) is 0 Å². The van der Waals surface area contributed by atoms with Crippen LogP contribution in [0, 0.1) is 5.82 Å². The number of carboxylic acids is 1. The number of aliphatic carboxylic acids is 1. The Morgan fingerprint density at radius 1 is 1.44 bits per heavy atom. The van der Waals surface area contributed by atoms with Gasteiger partial charge < -0.3 is 15.2 Å². The lowest BCUT2D eigenvalue weighted by atomic mass is 9.94. The predicted molar refractivity (Wildman–Crippen MR) is 50.2 cm³/mol. The van der Waals surface area contributed by atoms with E-state index in [2.05, 4.69) is 5.32 Å². The van der Waals surface area contributed by atoms with Gasteiger partial charge in [-0.1, -0.05) is 12.1 Å². The average molecular weight is 225 g/mol. The molecule has 1 aliphatic rings. The third-order valence-electron chi connectivity index (χ3n) is 2.40. The molecular formula is C10H8FNO4. The summed E-state index contributed by atoms with van der Waals surface area (Å²) >= 11 is 0. The Bertz CT molecular complexity index is 445. The van der Waals surface area contributed by atoms with Crippen molar-refractivity contribution in [1.82, 2.24) is 5.32 Å². The number of hydrogen-bond acceptors (Lipinski definition) is 3. The van der Waals surface area contributed by atoms with Crippen molar-refractivity contribution in [1.29, 1.82) is 0 Å². The Morgan fingerprint density at radius 3 is 2.50 bits per heavy atom. The Morgan fingerprint density at radius 2 is 2.06 bits per heavy atom. The number of hydrogen-bond donors (Lipinski definition) is 2. The number of rotatable bonds is 2. The van der Waals surface area contributed by atoms with Crippen LogP contribution in [0.3, 0.4) is 0 Å². The van der Waals surface area contributed by atoms with E-state index in [4.69, 9.17) is 9.84 Å². The maximum atomic E-state index is 12.7. The molecule has 2 rings (SSSR count). The van der Waals surface area contributed by atoms with Crippen LogP contribution in [0.5, 0.6) is 0 Å². The highest BCUT2D eigenvalue weighted by molar-refractivity contribution is 5.86. The van der Waals surface area contributed by atoms with Crippen molar-refractivity contribution in [3.63, 3.8) is 0 Å². The van der Waals surface area contributed by atoms with Crippen LogP contribution in [0.4, 0.5) is 9.18 Å². The highest BCUT2D eigenvalue weighted by Crippen LogP contribution is 2.29. The minimum absolute atomic E-state index is 0.174. The summed E-state index contributed by atoms with van der Waals surface area (Å²) in [4.78, 5) is 22.1. The van der Waals surface area contributed by atoms with Gasteiger partial charge >= 0.3 is 12.1 Å². The number of alkyl carbamates (subject to hydrolysis) is 1. The van der Waals surface area contributed by atoms with Crippen LogP contribution in [0.2, 0.25) is 0 Å². The van der Waals surface area contributed by atoms with Gasteiger partial charge in [-0.25, -0.2) is 14.0 Å². The van der Waals surface area contributed by atoms with Crippen molar-refractivity contribution in [2.45, 2.75) is 5.60 Å². The second-order valence-corrected chi connectivity index (χ2v) is 3.38. The van der Waals surface area contributed by atoms with Crippen molar-refractivity contribution in [2.24, 2.45) is 0 Å². The third kappa shape index (κ3) is 1.48. The third-order valence-corrected chi connectivity index (χ3v) is 2.40. The van der Waals surface area contributed by atoms with Gasteiger partial charge in [-0.05, 0) is 12.1 Å². The molecule has 1 atom stereocenters. The summed E-state index contributed by atoms with van der Waals surface area (Å²) in [7, 11) is 0. The summed E-state index contributed by atoms with van der Waals surface area (Å²) in [5.41, 5.74) is -1.54. The monoisotopic (exact) mass is 225 g/mol. The number of halogens is 1. The van der Waals surface area contributed by atoms with Gasteiger partial charge in [-0.3, -0.25) is 0 Å². The highest BCUT2D eigenvalue weighted by atomic mass is 19.1. The van der Waals surface area contributed by atoms with Gasteiger partial charge in [0.1, 0.15) is 5.82 Å². The molecule has 16 heavy (non-hydrogen) atoms. The van der Waals surface area contributed by atoms with E-state index in [1.54, 1.807) is 0 Å². The molecule has 1 aromatic carbocycles. The van der Waals surface area contributed by atoms with Crippen molar-refractivity contribution in [3.05, 3.63) is 35.6 Å². The molecule has 0 spiro atoms. The largest absolute Gasteiger partial charge is 0.478 e. The molecule has 1 heterocycles. The standard InChI is InChI=1S/C10H8FNO4/c11-7-3-1-6(2-4-7)10(8(13)14)5-12-9(15)16-10/h1-4H,5H2,(H,12,15)(H,13,14). The van der Waals surface area contributed by atoms with Crippen LogP contribution in [0.15, 0.2) is 24.3 Å². The zero-order valence-electron chi connectivity index (χ0n) is 8.07. The van der Waals surface area contributed by atoms with E-state index in [0.29, 0.717) is 0 Å². The Kier molecular flexibility index (Phi) is 2.26. The second kappa shape index (κ2) is 3.48. The fourth-order valence-corrected chi connectivity index (χ4v) is 1.55. The molecule has 1 unspecified atom stereocenters. The zero-order valence-corrected chi connectivity index (χ0v) is 8.07. The minimum Gasteiger partial charge on any atom is -0.478 e. The number of carbonyl (C=O) groups is 2. The van der Waals surface area contributed by atoms with Gasteiger partial charge in [0, 0.05) is 5.56 Å². The normalized spacial score (nSPS) is 23.7. The highest BCUT2D eigenvalue weighted by Gasteiger charge is 2.49. The van der Waals surface area contributed by atoms with Gasteiger partial charge in [0.2, 0.25) is 0 Å². The fraction of sp³-hybridized carbons (Fsp3) is 0.200. The van der Waals surface area contributed by atoms with E-state index in [9.17, 15) is 14.0 Å². The molecule has 84 valence electrons. The van der Waals surface area contributed by atoms with Crippen LogP contribution in [0.1, 0.15) is 5.56 Å². The Labute approximate surface area is 89.8 Å². The first kappa shape index (κ1) is 10.4. The molecule has 1 fully saturated rings. The number of nitrogens with one attached hydrogen (secondary N) is 1. The smallest absolute Gasteiger partial charge is 0.408 e. The van der Waals surface area contributed by atoms with Crippen molar-refractivity contribution in [2.75, 3.05) is 6.54 Å². The summed E-state index contributed by atoms with van der Waals surface area (Å²) in [6.07, 6.45) is -0.799. The molecule has 1 saturated heterocycles. The molecule has 1 amide bonds. The summed E-state index contributed by atoms with van der Waals surface area (Å²) in [6.45, 7) is -0.174. The fourth-order valence-electron chi connectivity index (χ4n) is 1.55. The van der Waals surface area contributed by atoms with E-state index >= 15 is 0 Å². The van der Waals surface area contributed by atoms with E-state index < -0.39 is 23.5 Å². The molecule has 5 nitrogen and oxygen atoms in total. The molecule has 1 aliphatic heterocycles. The molecule has 2 N–H and O–H groups in total. The SMILES string of the molecule is O=C1NCC(C(=O)O)(c2ccc(F)cc2)O1. The van der Waals surface area contributed by atoms with E-state index in [0.717, 1.165) is 12.1 Å². The molecule has 0 radical (unpaired) electrons. The van der Waals surface area contributed by atoms with Crippen LogP contribution in [0.25, 0.3) is 0 Å². The summed E-state index contributed by atoms with van der Waals surface area (Å²) in [6, 6.07) is 4.80. The Balaban J connectivity index is 2.44. The lowest BCUT2D eigenvalue weighted by Crippen LogP contribution is -2.39. The van der Waals surface area contributed by atoms with Crippen molar-refractivity contribution >= 4 is 12.1 Å². The summed E-state index contributed by atoms with van der Waals surface area (Å²) < 4.78 is 17.5. The lowest BCUT2D eigenvalue weighted by Gasteiger charge is -2.21. The van der Waals surface area contributed by atoms with Gasteiger partial charge in [-0.2, -0.15) is 0 Å². The number of cyclic esters (lactones) is 1. The van der Waals surface area contributed by atoms with Crippen LogP contribution in [-0.4, -0.2) is 23.7 Å². The lowest BCUT2D eigenvalue weighted by molar-refractivity contribution is -0.155. The minimum atomic E-state index is -1.76. The summed E-state index contributed by atoms with van der Waals surface area (Å²) in [5.74, 6) is -1.78. The first-order valence-electron chi connectivity index (χ1n) is 4.51. The summed E-state index contributed by atoms with van der Waals surface area (Å²) in [5, 5.41) is 11.4. The zero-order chi connectivity index (χ0) is 11.8. The quantitative estimate of drug-likeness (QED) is 0.782. The maximum absolute atomic E-state index is 12.7. The molecule has 0 saturated carbocycles. The van der Waals surface area contributed by atoms with Crippen LogP contribution in [-0.2, 0) is 15.1 Å². The average Bonchev–Trinajstić information content (AvgIpc) is 2.63. The topological polar surface area (TPSA) is 75.6 Å². The van der Waals surface area contributed by atoms with Gasteiger partial charge in [0.05, 0.1) is 6.54 Å². The first-order valence-corrected chi connectivity index (χ1v) is 4.51. The van der Waals surface area contributed by atoms with E-state index in [-0.39, 0.29) is 12.1 Å². The van der Waals surface area contributed by atoms with Gasteiger partial charge in [0.25, 0.3) is 5.60 Å². The number of amides is 1. The number of carboxylic acid groups (broad SMARTS) is 1. The molecule has 0 aromatic heterocycles. The van der Waals surface area contributed by atoms with E-state index in [1.807, 2.05) is 0 Å². The van der Waals surface area contributed by atoms with Gasteiger partial charge in [-0.15, -0.1) is 0 Å². The van der Waals surface area contributed by atoms with Crippen LogP contribution >= 0.6 is 0 Å². The number of benzene rings is 1. The molecule has 0 bridgehead atoms. The Hall–Kier alpha value is -2.11. The molecule has 1 aromatic rings. The van der Waals surface area contributed by atoms with Crippen molar-refractivity contribution < 1.29 is 23.8 Å². The van der Waals surface area contributed by atoms with E-state index in [1.165, 1.54) is 12.1 Å². The second-order valence-electron chi connectivity index (χ2n) is 3.38. The van der Waals surface area contributed by atoms with Gasteiger partial charge in [0.15, 0.2) is 0 Å².